The first-order valence-electron chi connectivity index (χ1n) is 48.5. The van der Waals surface area contributed by atoms with Crippen LogP contribution in [-0.2, 0) is 61.9 Å². The van der Waals surface area contributed by atoms with E-state index >= 15 is 0 Å². The number of likely N-dealkylation sites (N-methyl/N-ethyl adjacent to an activating group) is 4. The molecule has 0 aliphatic carbocycles. The number of hydrogen-bond donors (Lipinski definition) is 8. The topological polar surface area (TPSA) is 387 Å². The summed E-state index contributed by atoms with van der Waals surface area (Å²) in [6.45, 7) is 24.4. The van der Waals surface area contributed by atoms with Crippen molar-refractivity contribution < 1.29 is 51.3 Å². The van der Waals surface area contributed by atoms with Gasteiger partial charge in [0.25, 0.3) is 0 Å². The molecule has 1 fully saturated rings. The first-order chi connectivity index (χ1) is 72.3. The van der Waals surface area contributed by atoms with Gasteiger partial charge in [0.05, 0.1) is 132 Å². The van der Waals surface area contributed by atoms with Crippen LogP contribution in [0.5, 0.6) is 23.0 Å². The van der Waals surface area contributed by atoms with Crippen LogP contribution in [-0.4, -0.2) is 248 Å². The highest BCUT2D eigenvalue weighted by molar-refractivity contribution is 7.90. The molecule has 8 N–H and O–H groups in total. The Labute approximate surface area is 873 Å². The summed E-state index contributed by atoms with van der Waals surface area (Å²) in [7, 11) is 22.6. The molecule has 9 heterocycles. The fourth-order valence-corrected chi connectivity index (χ4v) is 17.7. The number of ether oxygens (including phenoxy) is 5. The average molecular weight is 2050 g/mol. The lowest BCUT2D eigenvalue weighted by molar-refractivity contribution is -0.112. The molecule has 0 bridgehead atoms. The summed E-state index contributed by atoms with van der Waals surface area (Å²) in [5.74, 6) is 2.49. The molecule has 37 nitrogen and oxygen atoms in total. The summed E-state index contributed by atoms with van der Waals surface area (Å²) < 4.78 is 59.7. The first-order valence-corrected chi connectivity index (χ1v) is 50.5. The average Bonchev–Trinajstić information content (AvgIpc) is 1.60. The minimum Gasteiger partial charge on any atom is -0.494 e. The van der Waals surface area contributed by atoms with Crippen molar-refractivity contribution in [1.29, 1.82) is 0 Å². The summed E-state index contributed by atoms with van der Waals surface area (Å²) in [4.78, 5) is 98.2. The van der Waals surface area contributed by atoms with E-state index < -0.39 is 15.7 Å². The summed E-state index contributed by atoms with van der Waals surface area (Å²) in [5, 5.41) is 29.0. The molecule has 0 spiro atoms. The summed E-state index contributed by atoms with van der Waals surface area (Å²) in [5.41, 5.74) is 19.4. The van der Waals surface area contributed by atoms with Gasteiger partial charge in [-0.3, -0.25) is 19.2 Å². The smallest absolute Gasteiger partial charge is 0.247 e. The fraction of sp³-hybridized carbons (Fsp3) is 0.250. The van der Waals surface area contributed by atoms with Crippen molar-refractivity contribution in [3.63, 3.8) is 0 Å². The number of para-hydroxylation sites is 4. The molecule has 150 heavy (non-hydrogen) atoms. The zero-order valence-electron chi connectivity index (χ0n) is 87.4. The van der Waals surface area contributed by atoms with Gasteiger partial charge in [-0.15, -0.1) is 0 Å². The third kappa shape index (κ3) is 26.7. The van der Waals surface area contributed by atoms with Crippen molar-refractivity contribution in [2.24, 2.45) is 28.2 Å². The van der Waals surface area contributed by atoms with Crippen LogP contribution in [0.3, 0.4) is 0 Å². The van der Waals surface area contributed by atoms with Crippen LogP contribution in [0, 0.1) is 0 Å². The number of amides is 4. The van der Waals surface area contributed by atoms with Gasteiger partial charge >= 0.3 is 0 Å². The molecule has 1 aliphatic heterocycles. The van der Waals surface area contributed by atoms with Crippen LogP contribution in [0.2, 0.25) is 0 Å². The SMILES string of the molecule is C=CC(=O)Nc1cc(Nc2nccc(-c3cn(C)c4ccccc34)n2)c(OC)cc1N(C)CCN(C)CC.C=CC(=O)Nc1cc(Nc2nccc(-c3cn(C)c4ccccc34)n2)c(OC)cc1N(C)CCN1CCC1.C=CC(=O)Nc1cc(Nc2nccc(-c3cn(C)c4ccccc34)n2)c(OC)cc1N(C)CCOC.C=CC(=O)Nc1cc(Nc2nccc(-c3cn(C)c4ccccc34)n2)c(OC)cc1N(C)CCS(C)(=O)=O. The van der Waals surface area contributed by atoms with E-state index in [1.807, 2.05) is 164 Å². The molecule has 0 unspecified atom stereocenters. The Morgan fingerprint density at radius 1 is 0.373 bits per heavy atom. The number of rotatable bonds is 41. The van der Waals surface area contributed by atoms with E-state index in [1.54, 1.807) is 83.4 Å². The number of methoxy groups -OCH3 is 5. The van der Waals surface area contributed by atoms with Gasteiger partial charge in [-0.2, -0.15) is 0 Å². The molecular weight excluding hydrogens is 1920 g/mol. The lowest BCUT2D eigenvalue weighted by Crippen LogP contribution is -2.42. The Hall–Kier alpha value is -17.5. The highest BCUT2D eigenvalue weighted by Crippen LogP contribution is 2.45. The zero-order valence-corrected chi connectivity index (χ0v) is 88.2. The van der Waals surface area contributed by atoms with Crippen molar-refractivity contribution in [1.82, 2.24) is 67.9 Å². The Balaban J connectivity index is 0.000000157. The van der Waals surface area contributed by atoms with E-state index in [9.17, 15) is 27.6 Å². The van der Waals surface area contributed by atoms with Gasteiger partial charge in [0.2, 0.25) is 47.4 Å². The van der Waals surface area contributed by atoms with Crippen molar-refractivity contribution >= 4 is 169 Å². The van der Waals surface area contributed by atoms with Gasteiger partial charge in [0.1, 0.15) is 32.8 Å². The maximum Gasteiger partial charge on any atom is 0.247 e. The number of anilines is 16. The van der Waals surface area contributed by atoms with E-state index in [-0.39, 0.29) is 30.0 Å². The van der Waals surface area contributed by atoms with E-state index in [0.717, 1.165) is 158 Å². The second kappa shape index (κ2) is 50.1. The van der Waals surface area contributed by atoms with Gasteiger partial charge in [-0.05, 0) is 130 Å². The number of fused-ring (bicyclic) bond motifs is 4. The normalized spacial score (nSPS) is 11.6. The van der Waals surface area contributed by atoms with E-state index in [1.165, 1.54) is 38.0 Å². The number of aromatic nitrogens is 12. The van der Waals surface area contributed by atoms with Crippen LogP contribution in [0.25, 0.3) is 88.6 Å². The van der Waals surface area contributed by atoms with Crippen LogP contribution in [0.4, 0.5) is 92.0 Å². The van der Waals surface area contributed by atoms with Crippen molar-refractivity contribution in [3.8, 4) is 68.0 Å². The number of hydrogen-bond acceptors (Lipinski definition) is 29. The highest BCUT2D eigenvalue weighted by atomic mass is 32.2. The van der Waals surface area contributed by atoms with Crippen molar-refractivity contribution in [2.75, 3.05) is 210 Å². The third-order valence-corrected chi connectivity index (χ3v) is 26.4. The van der Waals surface area contributed by atoms with Gasteiger partial charge in [0.15, 0.2) is 0 Å². The number of nitrogens with one attached hydrogen (secondary N) is 8. The molecule has 17 rings (SSSR count). The molecule has 1 aliphatic rings. The highest BCUT2D eigenvalue weighted by Gasteiger charge is 2.26. The molecule has 16 aromatic rings. The molecule has 8 aromatic heterocycles. The predicted molar refractivity (Wildman–Crippen MR) is 605 cm³/mol. The van der Waals surface area contributed by atoms with E-state index in [2.05, 4.69) is 208 Å². The second-order valence-electron chi connectivity index (χ2n) is 35.7. The number of carbonyl (C=O) groups excluding carboxylic acids is 4. The molecule has 0 radical (unpaired) electrons. The van der Waals surface area contributed by atoms with E-state index in [0.29, 0.717) is 111 Å². The Kier molecular flexibility index (Phi) is 36.1. The van der Waals surface area contributed by atoms with Gasteiger partial charge in [-0.1, -0.05) is 106 Å². The van der Waals surface area contributed by atoms with Crippen LogP contribution in [0.15, 0.2) is 270 Å². The number of sulfone groups is 1. The summed E-state index contributed by atoms with van der Waals surface area (Å²) in [6.07, 6.45) is 22.4. The Bertz CT molecular complexity index is 7510. The maximum absolute atomic E-state index is 12.3. The second-order valence-corrected chi connectivity index (χ2v) is 38.0. The van der Waals surface area contributed by atoms with Crippen LogP contribution in [0.1, 0.15) is 13.3 Å². The quantitative estimate of drug-likeness (QED) is 0.0165. The van der Waals surface area contributed by atoms with Crippen LogP contribution >= 0.6 is 0 Å². The molecule has 0 saturated carbocycles. The number of nitrogens with zero attached hydrogens (tertiary/aromatic N) is 18. The first kappa shape index (κ1) is 108. The minimum absolute atomic E-state index is 0.0462. The molecule has 38 heteroatoms. The molecular formula is C112H128N26O11S. The molecule has 1 saturated heterocycles. The van der Waals surface area contributed by atoms with Gasteiger partial charge in [-0.25, -0.2) is 48.3 Å². The minimum atomic E-state index is -3.18. The van der Waals surface area contributed by atoms with E-state index in [4.69, 9.17) is 43.6 Å². The summed E-state index contributed by atoms with van der Waals surface area (Å²) in [6, 6.07) is 54.8. The number of carbonyl (C=O) groups is 4. The fourth-order valence-electron chi connectivity index (χ4n) is 17.1. The zero-order chi connectivity index (χ0) is 107. The Morgan fingerprint density at radius 3 is 0.900 bits per heavy atom. The number of benzene rings is 8. The Morgan fingerprint density at radius 2 is 0.647 bits per heavy atom. The predicted octanol–water partition coefficient (Wildman–Crippen LogP) is 18.1. The lowest BCUT2D eigenvalue weighted by Gasteiger charge is -2.33. The largest absolute Gasteiger partial charge is 0.494 e. The lowest BCUT2D eigenvalue weighted by atomic mass is 10.1. The molecule has 778 valence electrons. The number of likely N-dealkylation sites (tertiary alicyclic amines) is 1. The maximum atomic E-state index is 12.3. The van der Waals surface area contributed by atoms with Crippen molar-refractivity contribution in [3.05, 3.63) is 270 Å². The monoisotopic (exact) mass is 2040 g/mol. The standard InChI is InChI=1S/C29H33N7O2.C29H35N7O2.C27H30N6O4S.C27H30N6O3/c1-5-28(37)31-23-17-24(27(38-4)18-26(23)34(2)15-16-36-13-8-14-36)33-29-30-12-11-22(32-29)21-19-35(3)25-10-7-6-9-20(21)25;1-7-28(37)31-23-17-24(27(38-6)18-26(23)35(4)16-15-34(3)8-2)33-29-30-14-13-22(32-29)21-19-36(5)25-12-10-9-11-20(21)25;1-6-26(34)29-21-15-22(25(37-4)16-24(21)32(2)13-14-38(5,35)36)31-27-28-12-11-20(30-27)19-17-33(3)23-10-8-7-9-18(19)23;1-6-26(34)29-21-15-22(25(36-5)16-24(21)32(2)13-14-35-4)31-27-28-12-11-20(30-27)19-17-33(3)23-10-8-7-9-18(19)23/h5-7,9-12,17-19H,1,8,13-16H2,2-4H3,(H,31,37)(H,30,32,33);7,9-14,17-19H,1,8,15-16H2,2-6H3,(H,31,37)(H,30,32,33);6-12,15-17H,1,13-14H2,2-5H3,(H,29,34)(H,28,30,31);6-12,15-17H,1,13-14H2,2-5H3,(H,29,34)(H,28,30,31). The number of aryl methyl sites for hydroxylation is 4. The van der Waals surface area contributed by atoms with Gasteiger partial charge in [0, 0.05) is 249 Å². The van der Waals surface area contributed by atoms with Crippen molar-refractivity contribution in [2.45, 2.75) is 13.3 Å². The molecule has 8 aromatic carbocycles. The van der Waals surface area contributed by atoms with Crippen LogP contribution < -0.4 is 81.1 Å². The molecule has 4 amide bonds. The summed E-state index contributed by atoms with van der Waals surface area (Å²) >= 11 is 0. The molecule has 0 atom stereocenters. The third-order valence-electron chi connectivity index (χ3n) is 25.5. The van der Waals surface area contributed by atoms with Gasteiger partial charge < -0.3 is 114 Å².